The number of anilines is 1. The molecule has 2 fully saturated rings. The van der Waals surface area contributed by atoms with Crippen LogP contribution < -0.4 is 4.90 Å². The highest BCUT2D eigenvalue weighted by Gasteiger charge is 2.34. The Balaban J connectivity index is 1.49. The van der Waals surface area contributed by atoms with Gasteiger partial charge in [-0.15, -0.1) is 0 Å². The van der Waals surface area contributed by atoms with Crippen molar-refractivity contribution in [2.75, 3.05) is 42.6 Å². The summed E-state index contributed by atoms with van der Waals surface area (Å²) in [6.07, 6.45) is 0.775. The molecule has 0 bridgehead atoms. The van der Waals surface area contributed by atoms with Gasteiger partial charge in [-0.05, 0) is 25.5 Å². The fourth-order valence-electron chi connectivity index (χ4n) is 3.74. The third-order valence-electron chi connectivity index (χ3n) is 5.06. The first-order valence-electron chi connectivity index (χ1n) is 8.45. The van der Waals surface area contributed by atoms with Crippen LogP contribution in [0.4, 0.5) is 5.82 Å². The number of benzene rings is 1. The van der Waals surface area contributed by atoms with Crippen molar-refractivity contribution in [3.05, 3.63) is 30.0 Å². The standard InChI is InChI=1S/C17H22N4O2S/c1-13-17(19-16-5-3-2-4-15(16)18-13)21-9-7-20(8-10-21)14-6-11-24(22,23)12-14/h2-5,14H,6-12H2,1H3. The Labute approximate surface area is 142 Å². The van der Waals surface area contributed by atoms with Crippen molar-refractivity contribution in [1.82, 2.24) is 14.9 Å². The molecular weight excluding hydrogens is 324 g/mol. The molecule has 2 aliphatic heterocycles. The molecule has 7 heteroatoms. The molecule has 0 N–H and O–H groups in total. The van der Waals surface area contributed by atoms with Gasteiger partial charge in [-0.3, -0.25) is 4.90 Å². The van der Waals surface area contributed by atoms with Crippen molar-refractivity contribution >= 4 is 26.7 Å². The second-order valence-electron chi connectivity index (χ2n) is 6.70. The highest BCUT2D eigenvalue weighted by atomic mass is 32.2. The van der Waals surface area contributed by atoms with Gasteiger partial charge in [-0.25, -0.2) is 18.4 Å². The molecule has 2 saturated heterocycles. The Kier molecular flexibility index (Phi) is 3.92. The maximum Gasteiger partial charge on any atom is 0.151 e. The lowest BCUT2D eigenvalue weighted by Gasteiger charge is -2.38. The SMILES string of the molecule is Cc1nc2ccccc2nc1N1CCN(C2CCS(=O)(=O)C2)CC1. The van der Waals surface area contributed by atoms with E-state index in [9.17, 15) is 8.42 Å². The second kappa shape index (κ2) is 5.97. The van der Waals surface area contributed by atoms with Crippen LogP contribution in [0.1, 0.15) is 12.1 Å². The summed E-state index contributed by atoms with van der Waals surface area (Å²) in [5.74, 6) is 1.61. The van der Waals surface area contributed by atoms with E-state index in [0.717, 1.165) is 55.1 Å². The summed E-state index contributed by atoms with van der Waals surface area (Å²) in [7, 11) is -2.82. The van der Waals surface area contributed by atoms with E-state index < -0.39 is 9.84 Å². The first-order valence-corrected chi connectivity index (χ1v) is 10.3. The summed E-state index contributed by atoms with van der Waals surface area (Å²) in [6.45, 7) is 5.50. The normalized spacial score (nSPS) is 24.5. The average molecular weight is 346 g/mol. The van der Waals surface area contributed by atoms with Gasteiger partial charge in [0.05, 0.1) is 28.2 Å². The molecule has 1 aromatic heterocycles. The minimum Gasteiger partial charge on any atom is -0.353 e. The van der Waals surface area contributed by atoms with Gasteiger partial charge < -0.3 is 4.90 Å². The molecule has 3 heterocycles. The van der Waals surface area contributed by atoms with Gasteiger partial charge in [0.25, 0.3) is 0 Å². The van der Waals surface area contributed by atoms with E-state index in [0.29, 0.717) is 11.5 Å². The Bertz CT molecular complexity index is 860. The largest absolute Gasteiger partial charge is 0.353 e. The number of nitrogens with zero attached hydrogens (tertiary/aromatic N) is 4. The number of rotatable bonds is 2. The predicted octanol–water partition coefficient (Wildman–Crippen LogP) is 1.25. The molecule has 4 rings (SSSR count). The highest BCUT2D eigenvalue weighted by Crippen LogP contribution is 2.24. The molecule has 0 radical (unpaired) electrons. The van der Waals surface area contributed by atoms with E-state index in [1.807, 2.05) is 31.2 Å². The van der Waals surface area contributed by atoms with Crippen molar-refractivity contribution in [1.29, 1.82) is 0 Å². The van der Waals surface area contributed by atoms with Crippen LogP contribution in [-0.4, -0.2) is 67.0 Å². The first kappa shape index (κ1) is 15.8. The smallest absolute Gasteiger partial charge is 0.151 e. The van der Waals surface area contributed by atoms with Crippen LogP contribution in [0.15, 0.2) is 24.3 Å². The molecule has 2 aromatic rings. The first-order chi connectivity index (χ1) is 11.5. The fraction of sp³-hybridized carbons (Fsp3) is 0.529. The van der Waals surface area contributed by atoms with Crippen LogP contribution in [0.25, 0.3) is 11.0 Å². The molecule has 1 unspecified atom stereocenters. The third-order valence-corrected chi connectivity index (χ3v) is 6.81. The van der Waals surface area contributed by atoms with E-state index in [1.54, 1.807) is 0 Å². The zero-order chi connectivity index (χ0) is 16.7. The Morgan fingerprint density at radius 2 is 1.71 bits per heavy atom. The van der Waals surface area contributed by atoms with Crippen molar-refractivity contribution < 1.29 is 8.42 Å². The Morgan fingerprint density at radius 1 is 1.04 bits per heavy atom. The van der Waals surface area contributed by atoms with Gasteiger partial charge in [0, 0.05) is 32.2 Å². The average Bonchev–Trinajstić information content (AvgIpc) is 2.94. The van der Waals surface area contributed by atoms with E-state index in [1.165, 1.54) is 0 Å². The molecule has 0 spiro atoms. The number of para-hydroxylation sites is 2. The Morgan fingerprint density at radius 3 is 2.33 bits per heavy atom. The van der Waals surface area contributed by atoms with Gasteiger partial charge in [0.2, 0.25) is 0 Å². The van der Waals surface area contributed by atoms with Crippen LogP contribution in [0.3, 0.4) is 0 Å². The molecule has 0 amide bonds. The minimum atomic E-state index is -2.82. The maximum absolute atomic E-state index is 11.7. The summed E-state index contributed by atoms with van der Waals surface area (Å²) in [4.78, 5) is 14.1. The summed E-state index contributed by atoms with van der Waals surface area (Å²) in [5.41, 5.74) is 2.79. The number of aromatic nitrogens is 2. The number of fused-ring (bicyclic) bond motifs is 1. The van der Waals surface area contributed by atoms with Gasteiger partial charge >= 0.3 is 0 Å². The van der Waals surface area contributed by atoms with Crippen LogP contribution >= 0.6 is 0 Å². The molecule has 0 aliphatic carbocycles. The van der Waals surface area contributed by atoms with Gasteiger partial charge in [0.1, 0.15) is 0 Å². The quantitative estimate of drug-likeness (QED) is 0.815. The van der Waals surface area contributed by atoms with Gasteiger partial charge in [-0.1, -0.05) is 12.1 Å². The number of piperazine rings is 1. The monoisotopic (exact) mass is 346 g/mol. The molecule has 2 aliphatic rings. The molecule has 1 aromatic carbocycles. The number of hydrogen-bond donors (Lipinski definition) is 0. The number of hydrogen-bond acceptors (Lipinski definition) is 6. The molecule has 128 valence electrons. The highest BCUT2D eigenvalue weighted by molar-refractivity contribution is 7.91. The zero-order valence-electron chi connectivity index (χ0n) is 13.9. The van der Waals surface area contributed by atoms with E-state index >= 15 is 0 Å². The minimum absolute atomic E-state index is 0.195. The summed E-state index contributed by atoms with van der Waals surface area (Å²) < 4.78 is 23.4. The van der Waals surface area contributed by atoms with Crippen LogP contribution in [0, 0.1) is 6.92 Å². The predicted molar refractivity (Wildman–Crippen MR) is 95.1 cm³/mol. The van der Waals surface area contributed by atoms with Crippen molar-refractivity contribution in [2.45, 2.75) is 19.4 Å². The topological polar surface area (TPSA) is 66.4 Å². The van der Waals surface area contributed by atoms with Crippen molar-refractivity contribution in [3.8, 4) is 0 Å². The maximum atomic E-state index is 11.7. The van der Waals surface area contributed by atoms with Crippen LogP contribution in [0.5, 0.6) is 0 Å². The third kappa shape index (κ3) is 2.98. The lowest BCUT2D eigenvalue weighted by Crippen LogP contribution is -2.51. The van der Waals surface area contributed by atoms with Crippen molar-refractivity contribution in [2.24, 2.45) is 0 Å². The van der Waals surface area contributed by atoms with E-state index in [-0.39, 0.29) is 6.04 Å². The lowest BCUT2D eigenvalue weighted by molar-refractivity contribution is 0.200. The molecule has 24 heavy (non-hydrogen) atoms. The van der Waals surface area contributed by atoms with E-state index in [4.69, 9.17) is 4.98 Å². The Hall–Kier alpha value is -1.73. The fourth-order valence-corrected chi connectivity index (χ4v) is 5.50. The lowest BCUT2D eigenvalue weighted by atomic mass is 10.2. The van der Waals surface area contributed by atoms with E-state index in [2.05, 4.69) is 14.8 Å². The second-order valence-corrected chi connectivity index (χ2v) is 8.93. The molecular formula is C17H22N4O2S. The molecule has 1 atom stereocenters. The molecule has 0 saturated carbocycles. The summed E-state index contributed by atoms with van der Waals surface area (Å²) in [6, 6.07) is 8.13. The molecule has 6 nitrogen and oxygen atoms in total. The van der Waals surface area contributed by atoms with Crippen LogP contribution in [-0.2, 0) is 9.84 Å². The van der Waals surface area contributed by atoms with Gasteiger partial charge in [-0.2, -0.15) is 0 Å². The van der Waals surface area contributed by atoms with Crippen molar-refractivity contribution in [3.63, 3.8) is 0 Å². The summed E-state index contributed by atoms with van der Waals surface area (Å²) >= 11 is 0. The number of sulfone groups is 1. The van der Waals surface area contributed by atoms with Gasteiger partial charge in [0.15, 0.2) is 15.7 Å². The summed E-state index contributed by atoms with van der Waals surface area (Å²) in [5, 5.41) is 0. The zero-order valence-corrected chi connectivity index (χ0v) is 14.7. The van der Waals surface area contributed by atoms with Crippen LogP contribution in [0.2, 0.25) is 0 Å². The number of aryl methyl sites for hydroxylation is 1.